The lowest BCUT2D eigenvalue weighted by Crippen LogP contribution is -2.34. The van der Waals surface area contributed by atoms with E-state index < -0.39 is 0 Å². The molecule has 1 aliphatic carbocycles. The lowest BCUT2D eigenvalue weighted by molar-refractivity contribution is 0.416. The van der Waals surface area contributed by atoms with Crippen LogP contribution < -0.4 is 14.7 Å². The number of hydrogen-bond donors (Lipinski definition) is 0. The van der Waals surface area contributed by atoms with Gasteiger partial charge in [0.25, 0.3) is 0 Å². The molecule has 206 valence electrons. The normalized spacial score (nSPS) is 16.8. The van der Waals surface area contributed by atoms with Gasteiger partial charge in [-0.15, -0.1) is 0 Å². The molecule has 6 nitrogen and oxygen atoms in total. The molecule has 2 heterocycles. The standard InChI is InChI=1S/C30H42N6.C2H6/c1-30(15-16-30)29-31-26-12-11-23(35(6)20-19-33(2)3)21-25(26)28(32-29)36-17-13-22(14-18-36)24-9-7-8-10-27(24)34(4)5;1-2/h7-12,21-22H,13-20H2,1-6H3;1-2H3. The molecule has 0 spiro atoms. The number of piperidine rings is 1. The predicted octanol–water partition coefficient (Wildman–Crippen LogP) is 6.16. The Kier molecular flexibility index (Phi) is 8.81. The Morgan fingerprint density at radius 3 is 2.21 bits per heavy atom. The van der Waals surface area contributed by atoms with E-state index in [0.717, 1.165) is 56.2 Å². The van der Waals surface area contributed by atoms with Gasteiger partial charge in [0, 0.05) is 69.5 Å². The first-order chi connectivity index (χ1) is 18.2. The van der Waals surface area contributed by atoms with Crippen molar-refractivity contribution in [2.45, 2.75) is 57.8 Å². The fourth-order valence-corrected chi connectivity index (χ4v) is 5.38. The van der Waals surface area contributed by atoms with Crippen LogP contribution in [0.3, 0.4) is 0 Å². The van der Waals surface area contributed by atoms with E-state index in [2.05, 4.69) is 104 Å². The van der Waals surface area contributed by atoms with Crippen molar-refractivity contribution in [1.82, 2.24) is 14.9 Å². The minimum Gasteiger partial charge on any atom is -0.377 e. The number of aromatic nitrogens is 2. The van der Waals surface area contributed by atoms with Gasteiger partial charge in [0.05, 0.1) is 5.52 Å². The average Bonchev–Trinajstić information content (AvgIpc) is 3.70. The number of rotatable bonds is 8. The summed E-state index contributed by atoms with van der Waals surface area (Å²) in [6, 6.07) is 15.6. The van der Waals surface area contributed by atoms with Gasteiger partial charge in [0.15, 0.2) is 0 Å². The minimum absolute atomic E-state index is 0.146. The van der Waals surface area contributed by atoms with E-state index in [1.165, 1.54) is 35.2 Å². The maximum Gasteiger partial charge on any atom is 0.140 e. The van der Waals surface area contributed by atoms with Crippen molar-refractivity contribution >= 4 is 28.1 Å². The Hall–Kier alpha value is -2.86. The van der Waals surface area contributed by atoms with Gasteiger partial charge < -0.3 is 19.6 Å². The van der Waals surface area contributed by atoms with Gasteiger partial charge in [0.2, 0.25) is 0 Å². The van der Waals surface area contributed by atoms with Crippen molar-refractivity contribution in [1.29, 1.82) is 0 Å². The number of likely N-dealkylation sites (N-methyl/N-ethyl adjacent to an activating group) is 2. The zero-order valence-electron chi connectivity index (χ0n) is 25.0. The highest BCUT2D eigenvalue weighted by atomic mass is 15.2. The van der Waals surface area contributed by atoms with Crippen LogP contribution >= 0.6 is 0 Å². The number of anilines is 3. The SMILES string of the molecule is CC.CN(C)CCN(C)c1ccc2nc(C3(C)CC3)nc(N3CCC(c4ccccc4N(C)C)CC3)c2c1. The number of benzene rings is 2. The highest BCUT2D eigenvalue weighted by molar-refractivity contribution is 5.92. The third kappa shape index (κ3) is 6.06. The van der Waals surface area contributed by atoms with Crippen molar-refractivity contribution in [2.75, 3.05) is 76.1 Å². The summed E-state index contributed by atoms with van der Waals surface area (Å²) in [4.78, 5) is 19.7. The highest BCUT2D eigenvalue weighted by Crippen LogP contribution is 2.47. The summed E-state index contributed by atoms with van der Waals surface area (Å²) < 4.78 is 0. The summed E-state index contributed by atoms with van der Waals surface area (Å²) in [5.74, 6) is 2.74. The maximum atomic E-state index is 5.26. The summed E-state index contributed by atoms with van der Waals surface area (Å²) >= 11 is 0. The van der Waals surface area contributed by atoms with E-state index >= 15 is 0 Å². The molecule has 1 saturated heterocycles. The fourth-order valence-electron chi connectivity index (χ4n) is 5.38. The molecule has 2 fully saturated rings. The molecule has 0 unspecified atom stereocenters. The molecule has 1 saturated carbocycles. The zero-order chi connectivity index (χ0) is 27.4. The molecule has 1 aliphatic heterocycles. The predicted molar refractivity (Wildman–Crippen MR) is 164 cm³/mol. The number of fused-ring (bicyclic) bond motifs is 1. The topological polar surface area (TPSA) is 38.7 Å². The van der Waals surface area contributed by atoms with Gasteiger partial charge in [-0.25, -0.2) is 9.97 Å². The molecule has 0 N–H and O–H groups in total. The van der Waals surface area contributed by atoms with Gasteiger partial charge in [-0.3, -0.25) is 0 Å². The summed E-state index contributed by atoms with van der Waals surface area (Å²) in [6.07, 6.45) is 4.66. The molecule has 0 atom stereocenters. The molecule has 0 bridgehead atoms. The second-order valence-corrected chi connectivity index (χ2v) is 11.6. The molecule has 2 aromatic carbocycles. The first-order valence-electron chi connectivity index (χ1n) is 14.4. The summed E-state index contributed by atoms with van der Waals surface area (Å²) in [7, 11) is 10.7. The lowest BCUT2D eigenvalue weighted by Gasteiger charge is -2.35. The first kappa shape index (κ1) is 28.2. The smallest absolute Gasteiger partial charge is 0.140 e. The Bertz CT molecular complexity index is 1210. The van der Waals surface area contributed by atoms with Crippen molar-refractivity contribution in [3.05, 3.63) is 53.9 Å². The molecule has 3 aromatic rings. The monoisotopic (exact) mass is 516 g/mol. The van der Waals surface area contributed by atoms with Crippen LogP contribution in [0, 0.1) is 0 Å². The van der Waals surface area contributed by atoms with Gasteiger partial charge in [-0.1, -0.05) is 39.0 Å². The van der Waals surface area contributed by atoms with E-state index in [9.17, 15) is 0 Å². The third-order valence-electron chi connectivity index (χ3n) is 8.18. The summed E-state index contributed by atoms with van der Waals surface area (Å²) in [6.45, 7) is 10.4. The van der Waals surface area contributed by atoms with E-state index in [-0.39, 0.29) is 5.41 Å². The number of para-hydroxylation sites is 1. The van der Waals surface area contributed by atoms with Crippen LogP contribution in [-0.4, -0.2) is 76.3 Å². The minimum atomic E-state index is 0.146. The molecular weight excluding hydrogens is 468 g/mol. The number of nitrogens with zero attached hydrogens (tertiary/aromatic N) is 6. The first-order valence-corrected chi connectivity index (χ1v) is 14.4. The van der Waals surface area contributed by atoms with Gasteiger partial charge in [-0.2, -0.15) is 0 Å². The Balaban J connectivity index is 0.00000164. The molecule has 0 amide bonds. The second kappa shape index (κ2) is 11.9. The molecule has 2 aliphatic rings. The molecule has 0 radical (unpaired) electrons. The molecule has 5 rings (SSSR count). The Labute approximate surface area is 230 Å². The molecule has 38 heavy (non-hydrogen) atoms. The van der Waals surface area contributed by atoms with Crippen molar-refractivity contribution < 1.29 is 0 Å². The van der Waals surface area contributed by atoms with Crippen molar-refractivity contribution in [3.8, 4) is 0 Å². The van der Waals surface area contributed by atoms with Gasteiger partial charge >= 0.3 is 0 Å². The van der Waals surface area contributed by atoms with Crippen LogP contribution in [0.1, 0.15) is 63.8 Å². The Morgan fingerprint density at radius 1 is 0.895 bits per heavy atom. The zero-order valence-corrected chi connectivity index (χ0v) is 25.0. The van der Waals surface area contributed by atoms with Crippen LogP contribution in [0.25, 0.3) is 10.9 Å². The van der Waals surface area contributed by atoms with E-state index in [1.54, 1.807) is 0 Å². The van der Waals surface area contributed by atoms with Gasteiger partial charge in [0.1, 0.15) is 11.6 Å². The van der Waals surface area contributed by atoms with E-state index in [1.807, 2.05) is 13.8 Å². The largest absolute Gasteiger partial charge is 0.377 e. The fraction of sp³-hybridized carbons (Fsp3) is 0.562. The average molecular weight is 517 g/mol. The number of hydrogen-bond acceptors (Lipinski definition) is 6. The quantitative estimate of drug-likeness (QED) is 0.357. The summed E-state index contributed by atoms with van der Waals surface area (Å²) in [5.41, 5.74) is 5.28. The summed E-state index contributed by atoms with van der Waals surface area (Å²) in [5, 5.41) is 1.18. The molecule has 6 heteroatoms. The van der Waals surface area contributed by atoms with Crippen molar-refractivity contribution in [3.63, 3.8) is 0 Å². The van der Waals surface area contributed by atoms with Crippen LogP contribution in [0.15, 0.2) is 42.5 Å². The van der Waals surface area contributed by atoms with Crippen LogP contribution in [-0.2, 0) is 5.41 Å². The van der Waals surface area contributed by atoms with Crippen LogP contribution in [0.4, 0.5) is 17.2 Å². The maximum absolute atomic E-state index is 5.26. The van der Waals surface area contributed by atoms with Gasteiger partial charge in [-0.05, 0) is 75.5 Å². The van der Waals surface area contributed by atoms with E-state index in [0.29, 0.717) is 5.92 Å². The second-order valence-electron chi connectivity index (χ2n) is 11.6. The third-order valence-corrected chi connectivity index (χ3v) is 8.18. The molecule has 1 aromatic heterocycles. The van der Waals surface area contributed by atoms with Crippen LogP contribution in [0.5, 0.6) is 0 Å². The van der Waals surface area contributed by atoms with E-state index in [4.69, 9.17) is 9.97 Å². The lowest BCUT2D eigenvalue weighted by atomic mass is 9.88. The Morgan fingerprint density at radius 2 is 1.58 bits per heavy atom. The van der Waals surface area contributed by atoms with Crippen LogP contribution in [0.2, 0.25) is 0 Å². The highest BCUT2D eigenvalue weighted by Gasteiger charge is 2.42. The molecular formula is C32H48N6. The van der Waals surface area contributed by atoms with Crippen molar-refractivity contribution in [2.24, 2.45) is 0 Å².